The zero-order valence-electron chi connectivity index (χ0n) is 20.2. The van der Waals surface area contributed by atoms with Crippen molar-refractivity contribution in [3.05, 3.63) is 29.3 Å². The molecular weight excluding hydrogens is 495 g/mol. The predicted molar refractivity (Wildman–Crippen MR) is 133 cm³/mol. The van der Waals surface area contributed by atoms with E-state index in [1.807, 2.05) is 39.8 Å². The fraction of sp³-hybridized carbons (Fsp3) is 0.696. The number of nitrogens with one attached hydrogen (secondary N) is 1. The topological polar surface area (TPSA) is 100 Å². The van der Waals surface area contributed by atoms with E-state index in [0.29, 0.717) is 30.9 Å². The summed E-state index contributed by atoms with van der Waals surface area (Å²) in [6.45, 7) is 5.66. The molecule has 11 heteroatoms. The lowest BCUT2D eigenvalue weighted by Crippen LogP contribution is -2.47. The van der Waals surface area contributed by atoms with Crippen molar-refractivity contribution in [3.63, 3.8) is 0 Å². The van der Waals surface area contributed by atoms with E-state index < -0.39 is 34.7 Å². The third-order valence-corrected chi connectivity index (χ3v) is 12.2. The lowest BCUT2D eigenvalue weighted by molar-refractivity contribution is -0.251. The van der Waals surface area contributed by atoms with E-state index in [1.54, 1.807) is 10.1 Å². The van der Waals surface area contributed by atoms with Crippen LogP contribution >= 0.6 is 6.64 Å². The molecule has 2 aliphatic heterocycles. The van der Waals surface area contributed by atoms with Crippen molar-refractivity contribution in [1.29, 1.82) is 0 Å². The lowest BCUT2D eigenvalue weighted by atomic mass is 9.96. The maximum Gasteiger partial charge on any atom is 0.276 e. The molecule has 0 radical (unpaired) electrons. The average Bonchev–Trinajstić information content (AvgIpc) is 3.09. The summed E-state index contributed by atoms with van der Waals surface area (Å²) in [6, 6.07) is 5.40. The van der Waals surface area contributed by atoms with Crippen LogP contribution in [-0.4, -0.2) is 39.2 Å². The summed E-state index contributed by atoms with van der Waals surface area (Å²) < 4.78 is 34.5. The largest absolute Gasteiger partial charge is 0.530 e. The SMILES string of the molecule is CC1(C)COP(=S)(N(C2CCCCC2)S(=O)C(NC(=O)[O-])c2cccc3c2OC(C)(C)C3)OC1. The highest BCUT2D eigenvalue weighted by molar-refractivity contribution is 8.12. The van der Waals surface area contributed by atoms with E-state index in [4.69, 9.17) is 25.6 Å². The average molecular weight is 530 g/mol. The Balaban J connectivity index is 1.75. The summed E-state index contributed by atoms with van der Waals surface area (Å²) in [7, 11) is -1.93. The number of carboxylic acid groups (broad SMARTS) is 1. The van der Waals surface area contributed by atoms with Gasteiger partial charge in [-0.25, -0.2) is 4.21 Å². The molecule has 1 saturated heterocycles. The monoisotopic (exact) mass is 529 g/mol. The van der Waals surface area contributed by atoms with Crippen molar-refractivity contribution >= 4 is 35.5 Å². The van der Waals surface area contributed by atoms with Crippen LogP contribution in [0.25, 0.3) is 0 Å². The summed E-state index contributed by atoms with van der Waals surface area (Å²) in [5.41, 5.74) is 0.807. The van der Waals surface area contributed by atoms with Gasteiger partial charge in [-0.1, -0.05) is 51.3 Å². The summed E-state index contributed by atoms with van der Waals surface area (Å²) in [5.74, 6) is 0.562. The first-order valence-corrected chi connectivity index (χ1v) is 15.5. The van der Waals surface area contributed by atoms with E-state index in [1.165, 1.54) is 0 Å². The maximum atomic E-state index is 14.3. The quantitative estimate of drug-likeness (QED) is 0.558. The van der Waals surface area contributed by atoms with Crippen LogP contribution in [0.2, 0.25) is 0 Å². The molecule has 2 atom stereocenters. The van der Waals surface area contributed by atoms with Gasteiger partial charge < -0.3 is 29.0 Å². The number of hydrogen-bond acceptors (Lipinski definition) is 7. The van der Waals surface area contributed by atoms with Crippen LogP contribution in [0, 0.1) is 5.41 Å². The number of ether oxygens (including phenoxy) is 1. The Hall–Kier alpha value is -1.03. The molecule has 1 aromatic rings. The van der Waals surface area contributed by atoms with E-state index in [0.717, 1.165) is 37.7 Å². The second-order valence-electron chi connectivity index (χ2n) is 10.7. The zero-order valence-corrected chi connectivity index (χ0v) is 22.7. The third-order valence-electron chi connectivity index (χ3n) is 6.40. The van der Waals surface area contributed by atoms with E-state index in [-0.39, 0.29) is 11.5 Å². The molecule has 1 saturated carbocycles. The smallest absolute Gasteiger partial charge is 0.276 e. The summed E-state index contributed by atoms with van der Waals surface area (Å²) in [4.78, 5) is 11.8. The minimum atomic E-state index is -3.12. The molecule has 2 fully saturated rings. The number of hydrogen-bond donors (Lipinski definition) is 1. The first-order valence-electron chi connectivity index (χ1n) is 11.8. The zero-order chi connectivity index (χ0) is 24.7. The van der Waals surface area contributed by atoms with Gasteiger partial charge in [0.1, 0.15) is 33.8 Å². The first kappa shape index (κ1) is 26.0. The molecule has 0 spiro atoms. The predicted octanol–water partition coefficient (Wildman–Crippen LogP) is 3.93. The van der Waals surface area contributed by atoms with Crippen LogP contribution in [0.15, 0.2) is 18.2 Å². The van der Waals surface area contributed by atoms with Crippen LogP contribution in [-0.2, 0) is 38.3 Å². The molecule has 8 nitrogen and oxygen atoms in total. The molecule has 3 aliphatic rings. The third kappa shape index (κ3) is 5.52. The van der Waals surface area contributed by atoms with Crippen LogP contribution in [0.5, 0.6) is 5.75 Å². The number of carbonyl (C=O) groups is 1. The van der Waals surface area contributed by atoms with E-state index in [2.05, 4.69) is 5.32 Å². The number of amides is 1. The van der Waals surface area contributed by atoms with Crippen molar-refractivity contribution in [3.8, 4) is 5.75 Å². The van der Waals surface area contributed by atoms with Crippen LogP contribution in [0.1, 0.15) is 76.3 Å². The molecule has 2 heterocycles. The Morgan fingerprint density at radius 3 is 2.47 bits per heavy atom. The minimum Gasteiger partial charge on any atom is -0.530 e. The van der Waals surface area contributed by atoms with Crippen molar-refractivity contribution in [2.45, 2.75) is 83.2 Å². The highest BCUT2D eigenvalue weighted by Gasteiger charge is 2.47. The van der Waals surface area contributed by atoms with Crippen LogP contribution in [0.4, 0.5) is 4.79 Å². The molecule has 0 aromatic heterocycles. The Morgan fingerprint density at radius 2 is 1.85 bits per heavy atom. The highest BCUT2D eigenvalue weighted by Crippen LogP contribution is 2.61. The Bertz CT molecular complexity index is 997. The number of fused-ring (bicyclic) bond motifs is 1. The Labute approximate surface area is 209 Å². The van der Waals surface area contributed by atoms with Gasteiger partial charge in [-0.3, -0.25) is 0 Å². The van der Waals surface area contributed by atoms with Gasteiger partial charge in [0.2, 0.25) is 0 Å². The summed E-state index contributed by atoms with van der Waals surface area (Å²) in [6.07, 6.45) is 3.83. The summed E-state index contributed by atoms with van der Waals surface area (Å²) >= 11 is 5.93. The van der Waals surface area contributed by atoms with Crippen molar-refractivity contribution in [1.82, 2.24) is 9.39 Å². The fourth-order valence-electron chi connectivity index (χ4n) is 4.75. The molecule has 34 heavy (non-hydrogen) atoms. The Kier molecular flexibility index (Phi) is 7.50. The van der Waals surface area contributed by atoms with Gasteiger partial charge in [0.25, 0.3) is 6.64 Å². The van der Waals surface area contributed by atoms with E-state index >= 15 is 0 Å². The molecule has 0 bridgehead atoms. The van der Waals surface area contributed by atoms with Gasteiger partial charge >= 0.3 is 0 Å². The number of rotatable bonds is 6. The lowest BCUT2D eigenvalue weighted by Gasteiger charge is -2.45. The van der Waals surface area contributed by atoms with Crippen LogP contribution in [0.3, 0.4) is 0 Å². The first-order chi connectivity index (χ1) is 15.9. The summed E-state index contributed by atoms with van der Waals surface area (Å²) in [5, 5.41) is 13.0. The number of carbonyl (C=O) groups excluding carboxylic acids is 1. The van der Waals surface area contributed by atoms with Crippen molar-refractivity contribution in [2.24, 2.45) is 5.41 Å². The normalized spacial score (nSPS) is 25.2. The molecule has 1 aliphatic carbocycles. The maximum absolute atomic E-state index is 14.3. The van der Waals surface area contributed by atoms with Crippen LogP contribution < -0.4 is 15.2 Å². The van der Waals surface area contributed by atoms with Gasteiger partial charge in [-0.15, -0.1) is 4.08 Å². The molecular formula is C23H34N2O6PS2-. The molecule has 1 aromatic carbocycles. The van der Waals surface area contributed by atoms with Crippen molar-refractivity contribution < 1.29 is 27.9 Å². The van der Waals surface area contributed by atoms with Gasteiger partial charge in [0.15, 0.2) is 0 Å². The number of nitrogens with zero attached hydrogens (tertiary/aromatic N) is 1. The number of benzene rings is 1. The standard InChI is InChI=1S/C23H35N2O6PS2/c1-22(2)14-29-32(33,30-15-22)25(17-10-6-5-7-11-17)34(28)20(24-21(26)27)18-12-8-9-16-13-23(3,4)31-19(16)18/h8-9,12,17,20,24H,5-7,10-11,13-15H2,1-4H3,(H,26,27)/p-1. The van der Waals surface area contributed by atoms with E-state index in [9.17, 15) is 14.1 Å². The molecule has 1 amide bonds. The second-order valence-corrected chi connectivity index (χ2v) is 15.7. The molecule has 2 unspecified atom stereocenters. The Morgan fingerprint density at radius 1 is 1.21 bits per heavy atom. The second kappa shape index (κ2) is 9.79. The molecule has 1 N–H and O–H groups in total. The fourth-order valence-corrected chi connectivity index (χ4v) is 10.7. The van der Waals surface area contributed by atoms with Crippen molar-refractivity contribution in [2.75, 3.05) is 13.2 Å². The van der Waals surface area contributed by atoms with Gasteiger partial charge in [-0.05, 0) is 44.1 Å². The van der Waals surface area contributed by atoms with Gasteiger partial charge in [0, 0.05) is 23.4 Å². The van der Waals surface area contributed by atoms with Gasteiger partial charge in [0.05, 0.1) is 13.2 Å². The van der Waals surface area contributed by atoms with Gasteiger partial charge in [-0.2, -0.15) is 0 Å². The number of para-hydroxylation sites is 1. The molecule has 4 rings (SSSR count). The highest BCUT2D eigenvalue weighted by atomic mass is 32.5. The molecule has 190 valence electrons. The minimum absolute atomic E-state index is 0.123.